The van der Waals surface area contributed by atoms with Crippen LogP contribution in [0.1, 0.15) is 20.3 Å². The molecule has 0 aromatic carbocycles. The van der Waals surface area contributed by atoms with E-state index in [1.54, 1.807) is 6.08 Å². The second-order valence-electron chi connectivity index (χ2n) is 3.82. The van der Waals surface area contributed by atoms with Crippen molar-refractivity contribution in [2.45, 2.75) is 20.3 Å². The summed E-state index contributed by atoms with van der Waals surface area (Å²) >= 11 is 0. The Morgan fingerprint density at radius 2 is 2.14 bits per heavy atom. The highest BCUT2D eigenvalue weighted by Crippen LogP contribution is 2.17. The smallest absolute Gasteiger partial charge is 0.307 e. The summed E-state index contributed by atoms with van der Waals surface area (Å²) in [4.78, 5) is 12.5. The van der Waals surface area contributed by atoms with Gasteiger partial charge in [0.1, 0.15) is 0 Å². The number of rotatable bonds is 5. The van der Waals surface area contributed by atoms with Crippen LogP contribution in [0, 0.1) is 5.92 Å². The lowest BCUT2D eigenvalue weighted by atomic mass is 10.1. The average molecular weight is 195 g/mol. The highest BCUT2D eigenvalue weighted by molar-refractivity contribution is 5.68. The van der Waals surface area contributed by atoms with Crippen molar-refractivity contribution in [2.75, 3.05) is 13.1 Å². The topological polar surface area (TPSA) is 40.3 Å². The molecule has 0 radical (unpaired) electrons. The van der Waals surface area contributed by atoms with Gasteiger partial charge in [-0.3, -0.25) is 4.79 Å². The van der Waals surface area contributed by atoms with Crippen LogP contribution in [-0.2, 0) is 4.79 Å². The largest absolute Gasteiger partial charge is 0.481 e. The van der Waals surface area contributed by atoms with E-state index in [1.165, 1.54) is 0 Å². The Kier molecular flexibility index (Phi) is 3.74. The molecule has 0 unspecified atom stereocenters. The van der Waals surface area contributed by atoms with Crippen LogP contribution in [0.5, 0.6) is 0 Å². The van der Waals surface area contributed by atoms with Gasteiger partial charge >= 0.3 is 5.97 Å². The summed E-state index contributed by atoms with van der Waals surface area (Å²) in [7, 11) is 0. The molecular weight excluding hydrogens is 178 g/mol. The Morgan fingerprint density at radius 3 is 2.57 bits per heavy atom. The van der Waals surface area contributed by atoms with Gasteiger partial charge in [0.2, 0.25) is 0 Å². The lowest BCUT2D eigenvalue weighted by Crippen LogP contribution is -1.97. The van der Waals surface area contributed by atoms with E-state index in [-0.39, 0.29) is 6.42 Å². The maximum atomic E-state index is 10.3. The first-order valence-electron chi connectivity index (χ1n) is 4.94. The normalized spacial score (nSPS) is 16.8. The zero-order valence-electron chi connectivity index (χ0n) is 8.73. The molecule has 0 amide bonds. The molecule has 3 nitrogen and oxygen atoms in total. The first kappa shape index (κ1) is 10.8. The molecule has 3 heteroatoms. The van der Waals surface area contributed by atoms with Crippen LogP contribution in [0.25, 0.3) is 0 Å². The van der Waals surface area contributed by atoms with Gasteiger partial charge in [-0.05, 0) is 12.0 Å². The van der Waals surface area contributed by atoms with Crippen molar-refractivity contribution in [3.05, 3.63) is 23.9 Å². The molecule has 1 aliphatic heterocycles. The number of aliphatic carboxylic acids is 1. The molecule has 1 fully saturated rings. The number of hydrogen-bond acceptors (Lipinski definition) is 2. The van der Waals surface area contributed by atoms with Crippen molar-refractivity contribution >= 4 is 5.97 Å². The van der Waals surface area contributed by atoms with Gasteiger partial charge in [-0.1, -0.05) is 26.0 Å². The third-order valence-electron chi connectivity index (χ3n) is 1.90. The lowest BCUT2D eigenvalue weighted by molar-refractivity contribution is -0.135. The molecule has 0 aromatic rings. The monoisotopic (exact) mass is 195 g/mol. The molecule has 1 N–H and O–H groups in total. The number of carbonyl (C=O) groups is 1. The average Bonchev–Trinajstić information content (AvgIpc) is 2.83. The van der Waals surface area contributed by atoms with E-state index in [0.29, 0.717) is 5.92 Å². The fourth-order valence-corrected chi connectivity index (χ4v) is 1.20. The molecule has 0 aromatic heterocycles. The molecule has 1 heterocycles. The molecule has 14 heavy (non-hydrogen) atoms. The van der Waals surface area contributed by atoms with Gasteiger partial charge in [0.15, 0.2) is 0 Å². The summed E-state index contributed by atoms with van der Waals surface area (Å²) in [6, 6.07) is 0. The van der Waals surface area contributed by atoms with E-state index >= 15 is 0 Å². The van der Waals surface area contributed by atoms with Gasteiger partial charge in [-0.25, -0.2) is 0 Å². The number of carboxylic acids is 1. The van der Waals surface area contributed by atoms with E-state index in [9.17, 15) is 4.79 Å². The second-order valence-corrected chi connectivity index (χ2v) is 3.82. The van der Waals surface area contributed by atoms with Crippen molar-refractivity contribution in [3.63, 3.8) is 0 Å². The minimum absolute atomic E-state index is 0.100. The maximum absolute atomic E-state index is 10.3. The van der Waals surface area contributed by atoms with Crippen molar-refractivity contribution in [2.24, 2.45) is 5.92 Å². The molecule has 1 aliphatic rings. The van der Waals surface area contributed by atoms with Crippen LogP contribution in [-0.4, -0.2) is 29.1 Å². The van der Waals surface area contributed by atoms with Crippen molar-refractivity contribution in [1.82, 2.24) is 4.90 Å². The SMILES string of the molecule is CC(C)C=C(C=CCC(=O)O)N1CC1. The van der Waals surface area contributed by atoms with E-state index in [0.717, 1.165) is 18.8 Å². The molecule has 0 saturated carbocycles. The fraction of sp³-hybridized carbons (Fsp3) is 0.545. The van der Waals surface area contributed by atoms with Crippen molar-refractivity contribution < 1.29 is 9.90 Å². The van der Waals surface area contributed by atoms with Gasteiger partial charge in [0, 0.05) is 18.8 Å². The fourth-order valence-electron chi connectivity index (χ4n) is 1.20. The Morgan fingerprint density at radius 1 is 1.50 bits per heavy atom. The van der Waals surface area contributed by atoms with E-state index in [2.05, 4.69) is 24.8 Å². The predicted molar refractivity (Wildman–Crippen MR) is 55.9 cm³/mol. The zero-order chi connectivity index (χ0) is 10.6. The van der Waals surface area contributed by atoms with Gasteiger partial charge in [-0.2, -0.15) is 0 Å². The molecule has 1 rings (SSSR count). The molecule has 0 bridgehead atoms. The molecule has 0 aliphatic carbocycles. The van der Waals surface area contributed by atoms with Crippen molar-refractivity contribution in [3.8, 4) is 0 Å². The highest BCUT2D eigenvalue weighted by atomic mass is 16.4. The molecular formula is C11H17NO2. The number of hydrogen-bond donors (Lipinski definition) is 1. The molecule has 1 saturated heterocycles. The predicted octanol–water partition coefficient (Wildman–Crippen LogP) is 1.87. The maximum Gasteiger partial charge on any atom is 0.307 e. The van der Waals surface area contributed by atoms with Gasteiger partial charge in [-0.15, -0.1) is 0 Å². The minimum atomic E-state index is -0.782. The molecule has 0 atom stereocenters. The summed E-state index contributed by atoms with van der Waals surface area (Å²) in [5, 5.41) is 8.48. The zero-order valence-corrected chi connectivity index (χ0v) is 8.73. The van der Waals surface area contributed by atoms with E-state index < -0.39 is 5.97 Å². The minimum Gasteiger partial charge on any atom is -0.481 e. The van der Waals surface area contributed by atoms with E-state index in [4.69, 9.17) is 5.11 Å². The lowest BCUT2D eigenvalue weighted by Gasteiger charge is -2.05. The second kappa shape index (κ2) is 4.84. The van der Waals surface area contributed by atoms with Crippen LogP contribution in [0.15, 0.2) is 23.9 Å². The number of allylic oxidation sites excluding steroid dienone is 2. The van der Waals surface area contributed by atoms with Crippen LogP contribution >= 0.6 is 0 Å². The first-order valence-corrected chi connectivity index (χ1v) is 4.94. The van der Waals surface area contributed by atoms with Crippen LogP contribution in [0.3, 0.4) is 0 Å². The van der Waals surface area contributed by atoms with E-state index in [1.807, 2.05) is 6.08 Å². The highest BCUT2D eigenvalue weighted by Gasteiger charge is 2.18. The summed E-state index contributed by atoms with van der Waals surface area (Å²) < 4.78 is 0. The van der Waals surface area contributed by atoms with Gasteiger partial charge in [0.25, 0.3) is 0 Å². The summed E-state index contributed by atoms with van der Waals surface area (Å²) in [6.07, 6.45) is 5.87. The van der Waals surface area contributed by atoms with Crippen LogP contribution in [0.4, 0.5) is 0 Å². The van der Waals surface area contributed by atoms with Crippen molar-refractivity contribution in [1.29, 1.82) is 0 Å². The third-order valence-corrected chi connectivity index (χ3v) is 1.90. The van der Waals surface area contributed by atoms with Gasteiger partial charge in [0.05, 0.1) is 6.42 Å². The summed E-state index contributed by atoms with van der Waals surface area (Å²) in [6.45, 7) is 6.43. The van der Waals surface area contributed by atoms with Crippen LogP contribution < -0.4 is 0 Å². The molecule has 0 spiro atoms. The summed E-state index contributed by atoms with van der Waals surface area (Å²) in [5.74, 6) is -0.281. The Balaban J connectivity index is 2.51. The van der Waals surface area contributed by atoms with Gasteiger partial charge < -0.3 is 10.0 Å². The van der Waals surface area contributed by atoms with Crippen LogP contribution in [0.2, 0.25) is 0 Å². The quantitative estimate of drug-likeness (QED) is 0.538. The summed E-state index contributed by atoms with van der Waals surface area (Å²) in [5.41, 5.74) is 1.15. The third kappa shape index (κ3) is 4.12. The number of nitrogens with zero attached hydrogens (tertiary/aromatic N) is 1. The standard InChI is InChI=1S/C11H17NO2/c1-9(2)8-10(12-6-7-12)4-3-5-11(13)14/h3-4,8-9H,5-7H2,1-2H3,(H,13,14). The molecule has 78 valence electrons. The first-order chi connectivity index (χ1) is 6.59. The Bertz CT molecular complexity index is 262. The number of carboxylic acid groups (broad SMARTS) is 1. The Hall–Kier alpha value is -1.25. The Labute approximate surface area is 84.7 Å².